The third-order valence-corrected chi connectivity index (χ3v) is 14.5. The van der Waals surface area contributed by atoms with Crippen LogP contribution in [0.4, 0.5) is 0 Å². The van der Waals surface area contributed by atoms with E-state index >= 15 is 0 Å². The van der Waals surface area contributed by atoms with Crippen molar-refractivity contribution in [3.63, 3.8) is 0 Å². The largest absolute Gasteiger partial charge is 0.467 e. The second-order valence-corrected chi connectivity index (χ2v) is 17.9. The van der Waals surface area contributed by atoms with E-state index < -0.39 is 12.0 Å². The van der Waals surface area contributed by atoms with Crippen LogP contribution in [0.25, 0.3) is 0 Å². The summed E-state index contributed by atoms with van der Waals surface area (Å²) in [5.74, 6) is 2.76. The highest BCUT2D eigenvalue weighted by atomic mass is 16.5. The highest BCUT2D eigenvalue weighted by Gasteiger charge is 2.62. The summed E-state index contributed by atoms with van der Waals surface area (Å²) in [6.07, 6.45) is 18.4. The first-order valence-electron chi connectivity index (χ1n) is 22.2. The molecule has 1 aromatic rings. The maximum atomic E-state index is 13.1. The van der Waals surface area contributed by atoms with Gasteiger partial charge in [0.1, 0.15) is 6.04 Å². The summed E-state index contributed by atoms with van der Waals surface area (Å²) in [6.45, 7) is 16.8. The summed E-state index contributed by atoms with van der Waals surface area (Å²) in [7, 11) is 1.38. The van der Waals surface area contributed by atoms with Crippen LogP contribution >= 0.6 is 0 Å². The minimum Gasteiger partial charge on any atom is -0.467 e. The number of carbonyl (C=O) groups excluding carboxylic acids is 2. The topological polar surface area (TPSA) is 140 Å². The summed E-state index contributed by atoms with van der Waals surface area (Å²) >= 11 is 0. The monoisotopic (exact) mass is 755 g/mol. The minimum absolute atomic E-state index is 0.0759. The number of unbranched alkanes of at least 4 members (excludes halogenated alkanes) is 3. The van der Waals surface area contributed by atoms with Crippen LogP contribution in [0.5, 0.6) is 0 Å². The maximum Gasteiger partial charge on any atom is 0.328 e. The van der Waals surface area contributed by atoms with Crippen molar-refractivity contribution in [3.05, 3.63) is 35.9 Å². The Labute approximate surface area is 330 Å². The van der Waals surface area contributed by atoms with Gasteiger partial charge in [0, 0.05) is 18.9 Å². The second kappa shape index (κ2) is 23.3. The molecule has 4 saturated carbocycles. The van der Waals surface area contributed by atoms with Crippen LogP contribution in [-0.4, -0.2) is 61.9 Å². The van der Waals surface area contributed by atoms with Gasteiger partial charge in [0.25, 0.3) is 0 Å². The first kappa shape index (κ1) is 46.4. The van der Waals surface area contributed by atoms with Gasteiger partial charge in [-0.05, 0) is 149 Å². The fourth-order valence-electron chi connectivity index (χ4n) is 11.3. The molecule has 4 aliphatic rings. The Morgan fingerprint density at radius 3 is 2.11 bits per heavy atom. The summed E-state index contributed by atoms with van der Waals surface area (Å²) in [5.41, 5.74) is 11.9. The lowest BCUT2D eigenvalue weighted by Gasteiger charge is -2.62. The van der Waals surface area contributed by atoms with Crippen molar-refractivity contribution in [2.24, 2.45) is 57.8 Å². The van der Waals surface area contributed by atoms with E-state index in [1.165, 1.54) is 90.6 Å². The van der Waals surface area contributed by atoms with Gasteiger partial charge in [-0.1, -0.05) is 91.1 Å². The Kier molecular flexibility index (Phi) is 20.0. The molecule has 7 N–H and O–H groups in total. The fourth-order valence-corrected chi connectivity index (χ4v) is 11.3. The maximum absolute atomic E-state index is 13.1. The highest BCUT2D eigenvalue weighted by molar-refractivity contribution is 5.84. The fraction of sp³-hybridized carbons (Fsp3) is 0.826. The number of fused-ring (bicyclic) bond motifs is 5. The van der Waals surface area contributed by atoms with Gasteiger partial charge >= 0.3 is 5.97 Å². The van der Waals surface area contributed by atoms with Gasteiger partial charge in [-0.15, -0.1) is 0 Å². The van der Waals surface area contributed by atoms with Gasteiger partial charge in [-0.2, -0.15) is 0 Å². The molecule has 5 rings (SSSR count). The zero-order valence-corrected chi connectivity index (χ0v) is 35.6. The molecule has 54 heavy (non-hydrogen) atoms. The number of hydrogen-bond donors (Lipinski definition) is 5. The number of aliphatic hydroxyl groups is 1. The van der Waals surface area contributed by atoms with Gasteiger partial charge in [0.05, 0.1) is 13.2 Å². The SMILES string of the molecule is CCCCN.CCCCN.CCCCN[C@H]1CC[C@]2(C)C3CC[C@@]4(C)C(CCC4[C@H](C)CCC(=O)N[C@@H](Cc4ccccc4)C(=O)OC)C3[C@H](O)C[C@@H]2C1. The Bertz CT molecular complexity index is 1210. The van der Waals surface area contributed by atoms with E-state index in [4.69, 9.17) is 16.2 Å². The van der Waals surface area contributed by atoms with Crippen LogP contribution < -0.4 is 22.1 Å². The molecular weight excluding hydrogens is 673 g/mol. The third-order valence-electron chi connectivity index (χ3n) is 14.5. The van der Waals surface area contributed by atoms with Crippen molar-refractivity contribution in [1.29, 1.82) is 0 Å². The summed E-state index contributed by atoms with van der Waals surface area (Å²) in [5, 5.41) is 18.6. The predicted molar refractivity (Wildman–Crippen MR) is 224 cm³/mol. The van der Waals surface area contributed by atoms with Crippen molar-refractivity contribution in [3.8, 4) is 0 Å². The molecule has 0 saturated heterocycles. The summed E-state index contributed by atoms with van der Waals surface area (Å²) < 4.78 is 5.00. The van der Waals surface area contributed by atoms with Gasteiger partial charge < -0.3 is 31.9 Å². The molecule has 8 heteroatoms. The van der Waals surface area contributed by atoms with E-state index in [2.05, 4.69) is 52.2 Å². The number of ether oxygens (including phenoxy) is 1. The lowest BCUT2D eigenvalue weighted by Crippen LogP contribution is -2.59. The predicted octanol–water partition coefficient (Wildman–Crippen LogP) is 8.18. The molecular formula is C46H82N4O4. The molecule has 1 amide bonds. The van der Waals surface area contributed by atoms with E-state index in [1.54, 1.807) is 0 Å². The van der Waals surface area contributed by atoms with Crippen molar-refractivity contribution in [2.75, 3.05) is 26.7 Å². The van der Waals surface area contributed by atoms with Crippen LogP contribution in [0.2, 0.25) is 0 Å². The second-order valence-electron chi connectivity index (χ2n) is 17.9. The lowest BCUT2D eigenvalue weighted by molar-refractivity contribution is -0.167. The van der Waals surface area contributed by atoms with E-state index in [-0.39, 0.29) is 17.4 Å². The zero-order chi connectivity index (χ0) is 39.7. The molecule has 8 nitrogen and oxygen atoms in total. The molecule has 1 aromatic carbocycles. The van der Waals surface area contributed by atoms with Crippen molar-refractivity contribution in [1.82, 2.24) is 10.6 Å². The third kappa shape index (κ3) is 12.2. The number of rotatable bonds is 16. The highest BCUT2D eigenvalue weighted by Crippen LogP contribution is 2.68. The Balaban J connectivity index is 0.000000695. The van der Waals surface area contributed by atoms with E-state index in [0.717, 1.165) is 38.0 Å². The first-order chi connectivity index (χ1) is 25.9. The zero-order valence-electron chi connectivity index (χ0n) is 35.6. The Morgan fingerprint density at radius 2 is 1.52 bits per heavy atom. The number of esters is 1. The first-order valence-corrected chi connectivity index (χ1v) is 22.2. The minimum atomic E-state index is -0.672. The van der Waals surface area contributed by atoms with E-state index in [9.17, 15) is 14.7 Å². The number of aliphatic hydroxyl groups excluding tert-OH is 1. The average molecular weight is 755 g/mol. The van der Waals surface area contributed by atoms with Gasteiger partial charge in [-0.25, -0.2) is 4.79 Å². The van der Waals surface area contributed by atoms with E-state index in [1.807, 2.05) is 30.3 Å². The molecule has 11 atom stereocenters. The van der Waals surface area contributed by atoms with Gasteiger partial charge in [0.2, 0.25) is 5.91 Å². The van der Waals surface area contributed by atoms with Crippen molar-refractivity contribution >= 4 is 11.9 Å². The molecule has 4 unspecified atom stereocenters. The Morgan fingerprint density at radius 1 is 0.889 bits per heavy atom. The number of methoxy groups -OCH3 is 1. The molecule has 4 fully saturated rings. The number of benzene rings is 1. The van der Waals surface area contributed by atoms with Crippen LogP contribution in [0.1, 0.15) is 150 Å². The molecule has 0 aromatic heterocycles. The molecule has 4 aliphatic carbocycles. The molecule has 0 radical (unpaired) electrons. The molecule has 0 aliphatic heterocycles. The standard InChI is InChI=1S/C38H60N2O4.2C4H11N/c1-6-7-21-39-28-17-19-37(3)27(23-28)24-33(41)35-30-15-14-29(38(30,4)20-18-31(35)37)25(2)13-16-34(42)40-32(36(43)44-5)22-26-11-9-8-10-12-26;2*1-2-3-4-5/h8-12,25,27-33,35,39,41H,6-7,13-24H2,1-5H3,(H,40,42);2*2-5H2,1H3/t25-,27+,28+,29?,30?,31?,32+,33-,35?,37+,38-;;/m1../s1. The average Bonchev–Trinajstić information content (AvgIpc) is 3.52. The number of hydrogen-bond acceptors (Lipinski definition) is 7. The smallest absolute Gasteiger partial charge is 0.328 e. The van der Waals surface area contributed by atoms with Crippen molar-refractivity contribution in [2.45, 2.75) is 169 Å². The van der Waals surface area contributed by atoms with Crippen LogP contribution in [0.15, 0.2) is 30.3 Å². The van der Waals surface area contributed by atoms with Crippen LogP contribution in [0, 0.1) is 46.3 Å². The summed E-state index contributed by atoms with van der Waals surface area (Å²) in [6, 6.07) is 9.72. The molecule has 0 spiro atoms. The van der Waals surface area contributed by atoms with Crippen LogP contribution in [-0.2, 0) is 20.7 Å². The van der Waals surface area contributed by atoms with Gasteiger partial charge in [-0.3, -0.25) is 4.79 Å². The van der Waals surface area contributed by atoms with Gasteiger partial charge in [0.15, 0.2) is 0 Å². The quantitative estimate of drug-likeness (QED) is 0.0848. The number of amides is 1. The van der Waals surface area contributed by atoms with E-state index in [0.29, 0.717) is 59.8 Å². The number of nitrogens with two attached hydrogens (primary N) is 2. The molecule has 310 valence electrons. The molecule has 0 bridgehead atoms. The van der Waals surface area contributed by atoms with Crippen LogP contribution in [0.3, 0.4) is 0 Å². The number of carbonyl (C=O) groups is 2. The summed E-state index contributed by atoms with van der Waals surface area (Å²) in [4.78, 5) is 25.5. The lowest BCUT2D eigenvalue weighted by atomic mass is 9.43. The molecule has 0 heterocycles. The van der Waals surface area contributed by atoms with Crippen molar-refractivity contribution < 1.29 is 19.4 Å². The Hall–Kier alpha value is -2.00. The number of nitrogens with one attached hydrogen (secondary N) is 2. The normalized spacial score (nSPS) is 32.2.